The van der Waals surface area contributed by atoms with Gasteiger partial charge in [0, 0.05) is 24.6 Å². The van der Waals surface area contributed by atoms with Crippen LogP contribution in [-0.4, -0.2) is 28.5 Å². The molecule has 14 heavy (non-hydrogen) atoms. The van der Waals surface area contributed by atoms with Gasteiger partial charge in [0.1, 0.15) is 0 Å². The van der Waals surface area contributed by atoms with Gasteiger partial charge in [-0.05, 0) is 18.6 Å². The Labute approximate surface area is 92.7 Å². The predicted octanol–water partition coefficient (Wildman–Crippen LogP) is 1.54. The third kappa shape index (κ3) is 4.28. The SMILES string of the molecule is NC(CCO)CSc1ccc(Cl)cn1. The predicted molar refractivity (Wildman–Crippen MR) is 59.6 cm³/mol. The van der Waals surface area contributed by atoms with Crippen molar-refractivity contribution in [1.29, 1.82) is 0 Å². The van der Waals surface area contributed by atoms with E-state index < -0.39 is 0 Å². The number of hydrogen-bond donors (Lipinski definition) is 2. The van der Waals surface area contributed by atoms with Crippen molar-refractivity contribution in [3.8, 4) is 0 Å². The maximum Gasteiger partial charge on any atom is 0.0961 e. The van der Waals surface area contributed by atoms with Gasteiger partial charge in [0.05, 0.1) is 10.0 Å². The van der Waals surface area contributed by atoms with Crippen LogP contribution in [0.5, 0.6) is 0 Å². The summed E-state index contributed by atoms with van der Waals surface area (Å²) in [5.41, 5.74) is 5.73. The fraction of sp³-hybridized carbons (Fsp3) is 0.444. The Kier molecular flexibility index (Phi) is 5.25. The highest BCUT2D eigenvalue weighted by Gasteiger charge is 2.03. The number of rotatable bonds is 5. The van der Waals surface area contributed by atoms with Gasteiger partial charge in [-0.1, -0.05) is 11.6 Å². The van der Waals surface area contributed by atoms with E-state index in [-0.39, 0.29) is 12.6 Å². The summed E-state index contributed by atoms with van der Waals surface area (Å²) in [7, 11) is 0. The van der Waals surface area contributed by atoms with Crippen LogP contribution in [0.15, 0.2) is 23.4 Å². The van der Waals surface area contributed by atoms with Crippen LogP contribution in [0, 0.1) is 0 Å². The van der Waals surface area contributed by atoms with Crippen LogP contribution in [0.25, 0.3) is 0 Å². The Hall–Kier alpha value is -0.290. The number of aromatic nitrogens is 1. The second-order valence-corrected chi connectivity index (χ2v) is 4.37. The lowest BCUT2D eigenvalue weighted by atomic mass is 10.3. The maximum absolute atomic E-state index is 8.65. The Morgan fingerprint density at radius 2 is 2.36 bits per heavy atom. The number of aliphatic hydroxyl groups excluding tert-OH is 1. The second-order valence-electron chi connectivity index (χ2n) is 2.90. The van der Waals surface area contributed by atoms with Crippen molar-refractivity contribution in [1.82, 2.24) is 4.98 Å². The summed E-state index contributed by atoms with van der Waals surface area (Å²) < 4.78 is 0. The summed E-state index contributed by atoms with van der Waals surface area (Å²) in [6.07, 6.45) is 2.24. The van der Waals surface area contributed by atoms with Gasteiger partial charge in [-0.2, -0.15) is 0 Å². The second kappa shape index (κ2) is 6.24. The Bertz CT molecular complexity index is 268. The zero-order valence-electron chi connectivity index (χ0n) is 7.69. The van der Waals surface area contributed by atoms with Gasteiger partial charge in [0.25, 0.3) is 0 Å². The molecule has 0 aliphatic carbocycles. The molecule has 0 saturated carbocycles. The third-order valence-electron chi connectivity index (χ3n) is 1.65. The van der Waals surface area contributed by atoms with Gasteiger partial charge >= 0.3 is 0 Å². The number of nitrogens with zero attached hydrogens (tertiary/aromatic N) is 1. The Balaban J connectivity index is 2.34. The summed E-state index contributed by atoms with van der Waals surface area (Å²) in [6, 6.07) is 3.68. The van der Waals surface area contributed by atoms with E-state index in [1.165, 1.54) is 0 Å². The van der Waals surface area contributed by atoms with E-state index >= 15 is 0 Å². The molecule has 1 atom stereocenters. The largest absolute Gasteiger partial charge is 0.396 e. The molecule has 1 rings (SSSR count). The number of nitrogens with two attached hydrogens (primary N) is 1. The average molecular weight is 233 g/mol. The maximum atomic E-state index is 8.65. The van der Waals surface area contributed by atoms with Crippen LogP contribution in [0.2, 0.25) is 5.02 Å². The first-order valence-corrected chi connectivity index (χ1v) is 5.69. The topological polar surface area (TPSA) is 59.1 Å². The Morgan fingerprint density at radius 3 is 2.93 bits per heavy atom. The van der Waals surface area contributed by atoms with Crippen molar-refractivity contribution in [3.63, 3.8) is 0 Å². The molecule has 1 heterocycles. The minimum Gasteiger partial charge on any atom is -0.396 e. The van der Waals surface area contributed by atoms with Crippen LogP contribution >= 0.6 is 23.4 Å². The van der Waals surface area contributed by atoms with E-state index in [1.807, 2.05) is 6.07 Å². The third-order valence-corrected chi connectivity index (χ3v) is 3.00. The van der Waals surface area contributed by atoms with E-state index in [9.17, 15) is 0 Å². The van der Waals surface area contributed by atoms with Crippen molar-refractivity contribution >= 4 is 23.4 Å². The molecule has 1 unspecified atom stereocenters. The van der Waals surface area contributed by atoms with Crippen molar-refractivity contribution < 1.29 is 5.11 Å². The summed E-state index contributed by atoms with van der Waals surface area (Å²) >= 11 is 7.27. The fourth-order valence-electron chi connectivity index (χ4n) is 0.889. The molecular formula is C9H13ClN2OS. The minimum absolute atomic E-state index is 0.0162. The number of halogens is 1. The van der Waals surface area contributed by atoms with Crippen LogP contribution in [0.1, 0.15) is 6.42 Å². The highest BCUT2D eigenvalue weighted by molar-refractivity contribution is 7.99. The molecule has 0 aromatic carbocycles. The van der Waals surface area contributed by atoms with Gasteiger partial charge < -0.3 is 10.8 Å². The van der Waals surface area contributed by atoms with Gasteiger partial charge in [-0.25, -0.2) is 4.98 Å². The zero-order chi connectivity index (χ0) is 10.4. The molecule has 0 bridgehead atoms. The lowest BCUT2D eigenvalue weighted by molar-refractivity contribution is 0.279. The molecule has 0 aliphatic heterocycles. The lowest BCUT2D eigenvalue weighted by Crippen LogP contribution is -2.23. The Morgan fingerprint density at radius 1 is 1.57 bits per heavy atom. The van der Waals surface area contributed by atoms with Crippen molar-refractivity contribution in [2.75, 3.05) is 12.4 Å². The smallest absolute Gasteiger partial charge is 0.0961 e. The monoisotopic (exact) mass is 232 g/mol. The quantitative estimate of drug-likeness (QED) is 0.757. The number of pyridine rings is 1. The fourth-order valence-corrected chi connectivity index (χ4v) is 1.84. The van der Waals surface area contributed by atoms with Crippen molar-refractivity contribution in [2.24, 2.45) is 5.73 Å². The van der Waals surface area contributed by atoms with Crippen LogP contribution < -0.4 is 5.73 Å². The van der Waals surface area contributed by atoms with Crippen molar-refractivity contribution in [2.45, 2.75) is 17.5 Å². The minimum atomic E-state index is 0.0162. The van der Waals surface area contributed by atoms with E-state index in [0.29, 0.717) is 11.4 Å². The van der Waals surface area contributed by atoms with E-state index in [4.69, 9.17) is 22.4 Å². The summed E-state index contributed by atoms with van der Waals surface area (Å²) in [5, 5.41) is 10.2. The average Bonchev–Trinajstić information content (AvgIpc) is 2.17. The van der Waals surface area contributed by atoms with Crippen LogP contribution in [0.3, 0.4) is 0 Å². The molecule has 0 amide bonds. The highest BCUT2D eigenvalue weighted by atomic mass is 35.5. The zero-order valence-corrected chi connectivity index (χ0v) is 9.26. The molecule has 0 spiro atoms. The summed E-state index contributed by atoms with van der Waals surface area (Å²) in [5.74, 6) is 0.759. The van der Waals surface area contributed by atoms with Gasteiger partial charge in [-0.15, -0.1) is 11.8 Å². The van der Waals surface area contributed by atoms with E-state index in [1.54, 1.807) is 24.0 Å². The van der Waals surface area contributed by atoms with E-state index in [0.717, 1.165) is 10.8 Å². The molecule has 1 aromatic heterocycles. The molecule has 5 heteroatoms. The van der Waals surface area contributed by atoms with Crippen LogP contribution in [0.4, 0.5) is 0 Å². The first-order chi connectivity index (χ1) is 6.72. The first kappa shape index (κ1) is 11.8. The standard InChI is InChI=1S/C9H13ClN2OS/c10-7-1-2-9(12-5-7)14-6-8(11)3-4-13/h1-2,5,8,13H,3-4,6,11H2. The molecule has 1 aromatic rings. The molecule has 3 nitrogen and oxygen atoms in total. The molecule has 3 N–H and O–H groups in total. The van der Waals surface area contributed by atoms with Crippen molar-refractivity contribution in [3.05, 3.63) is 23.4 Å². The number of aliphatic hydroxyl groups is 1. The molecule has 78 valence electrons. The molecule has 0 saturated heterocycles. The summed E-state index contributed by atoms with van der Waals surface area (Å²) in [4.78, 5) is 4.12. The lowest BCUT2D eigenvalue weighted by Gasteiger charge is -2.08. The van der Waals surface area contributed by atoms with Gasteiger partial charge in [-0.3, -0.25) is 0 Å². The number of thioether (sulfide) groups is 1. The van der Waals surface area contributed by atoms with Crippen LogP contribution in [-0.2, 0) is 0 Å². The highest BCUT2D eigenvalue weighted by Crippen LogP contribution is 2.17. The molecule has 0 radical (unpaired) electrons. The molecule has 0 fully saturated rings. The molecule has 0 aliphatic rings. The summed E-state index contributed by atoms with van der Waals surface area (Å²) in [6.45, 7) is 0.135. The normalized spacial score (nSPS) is 12.8. The first-order valence-electron chi connectivity index (χ1n) is 4.33. The van der Waals surface area contributed by atoms with Gasteiger partial charge in [0.2, 0.25) is 0 Å². The van der Waals surface area contributed by atoms with Gasteiger partial charge in [0.15, 0.2) is 0 Å². The number of hydrogen-bond acceptors (Lipinski definition) is 4. The van der Waals surface area contributed by atoms with E-state index in [2.05, 4.69) is 4.98 Å². The molecular weight excluding hydrogens is 220 g/mol.